The van der Waals surface area contributed by atoms with E-state index in [1.54, 1.807) is 43.3 Å². The van der Waals surface area contributed by atoms with Gasteiger partial charge in [0.1, 0.15) is 24.2 Å². The molecule has 0 fully saturated rings. The first-order valence-corrected chi connectivity index (χ1v) is 7.42. The predicted octanol–water partition coefficient (Wildman–Crippen LogP) is 4.25. The second-order valence-electron chi connectivity index (χ2n) is 4.82. The molecule has 0 radical (unpaired) electrons. The normalized spacial score (nSPS) is 13.0. The van der Waals surface area contributed by atoms with Crippen LogP contribution in [-0.4, -0.2) is 30.1 Å². The third kappa shape index (κ3) is 5.71. The molecule has 23 heavy (non-hydrogen) atoms. The fourth-order valence-electron chi connectivity index (χ4n) is 1.89. The molecule has 2 unspecified atom stereocenters. The quantitative estimate of drug-likeness (QED) is 0.766. The molecule has 0 aromatic heterocycles. The van der Waals surface area contributed by atoms with Crippen LogP contribution in [0.15, 0.2) is 54.6 Å². The molecule has 5 nitrogen and oxygen atoms in total. The Morgan fingerprint density at radius 1 is 1.09 bits per heavy atom. The van der Waals surface area contributed by atoms with Crippen LogP contribution < -0.4 is 9.47 Å². The summed E-state index contributed by atoms with van der Waals surface area (Å²) < 4.78 is 16.1. The fraction of sp³-hybridized carbons (Fsp3) is 0.235. The number of rotatable bonds is 7. The van der Waals surface area contributed by atoms with Gasteiger partial charge in [-0.25, -0.2) is 4.79 Å². The molecule has 0 saturated heterocycles. The fourth-order valence-corrected chi connectivity index (χ4v) is 2.02. The number of hydrogen-bond acceptors (Lipinski definition) is 4. The smallest absolute Gasteiger partial charge is 0.490 e. The lowest BCUT2D eigenvalue weighted by molar-refractivity contribution is -0.0224. The van der Waals surface area contributed by atoms with Crippen LogP contribution in [0.1, 0.15) is 6.92 Å². The highest BCUT2D eigenvalue weighted by Crippen LogP contribution is 2.18. The van der Waals surface area contributed by atoms with Crippen LogP contribution >= 0.6 is 11.6 Å². The number of benzene rings is 2. The Kier molecular flexibility index (Phi) is 6.11. The van der Waals surface area contributed by atoms with Crippen LogP contribution in [0.5, 0.6) is 11.5 Å². The molecular weight excluding hydrogens is 320 g/mol. The van der Waals surface area contributed by atoms with Gasteiger partial charge in [-0.2, -0.15) is 0 Å². The zero-order valence-corrected chi connectivity index (χ0v) is 13.3. The summed E-state index contributed by atoms with van der Waals surface area (Å²) in [5.41, 5.74) is 0. The van der Waals surface area contributed by atoms with Crippen molar-refractivity contribution in [2.75, 3.05) is 6.61 Å². The monoisotopic (exact) mass is 336 g/mol. The summed E-state index contributed by atoms with van der Waals surface area (Å²) in [4.78, 5) is 10.9. The van der Waals surface area contributed by atoms with Gasteiger partial charge in [0.15, 0.2) is 6.10 Å². The Bertz CT molecular complexity index is 615. The van der Waals surface area contributed by atoms with E-state index < -0.39 is 18.4 Å². The highest BCUT2D eigenvalue weighted by atomic mass is 35.5. The summed E-state index contributed by atoms with van der Waals surface area (Å²) >= 11 is 5.81. The number of hydrogen-bond donors (Lipinski definition) is 1. The van der Waals surface area contributed by atoms with E-state index in [1.807, 2.05) is 18.2 Å². The third-order valence-corrected chi connectivity index (χ3v) is 3.32. The minimum atomic E-state index is -1.38. The molecule has 1 N–H and O–H groups in total. The Morgan fingerprint density at radius 2 is 1.74 bits per heavy atom. The van der Waals surface area contributed by atoms with Gasteiger partial charge < -0.3 is 19.3 Å². The van der Waals surface area contributed by atoms with Crippen LogP contribution in [0.3, 0.4) is 0 Å². The molecule has 122 valence electrons. The van der Waals surface area contributed by atoms with Gasteiger partial charge in [0.2, 0.25) is 0 Å². The maximum absolute atomic E-state index is 10.9. The van der Waals surface area contributed by atoms with Crippen molar-refractivity contribution in [3.8, 4) is 11.5 Å². The zero-order chi connectivity index (χ0) is 16.7. The van der Waals surface area contributed by atoms with Gasteiger partial charge in [0.25, 0.3) is 0 Å². The first kappa shape index (κ1) is 17.0. The average Bonchev–Trinajstić information content (AvgIpc) is 2.53. The van der Waals surface area contributed by atoms with Gasteiger partial charge in [0.05, 0.1) is 0 Å². The SMILES string of the molecule is CC(Oc1ccccc1)C(COc1ccc(Cl)cc1)OC(=O)O. The number of carboxylic acid groups (broad SMARTS) is 1. The maximum atomic E-state index is 10.9. The van der Waals surface area contributed by atoms with E-state index in [9.17, 15) is 4.79 Å². The molecule has 0 aliphatic heterocycles. The van der Waals surface area contributed by atoms with Crippen LogP contribution in [0, 0.1) is 0 Å². The Hall–Kier alpha value is -2.40. The van der Waals surface area contributed by atoms with E-state index in [2.05, 4.69) is 0 Å². The molecule has 2 rings (SSSR count). The minimum Gasteiger partial charge on any atom is -0.490 e. The van der Waals surface area contributed by atoms with Gasteiger partial charge >= 0.3 is 6.16 Å². The summed E-state index contributed by atoms with van der Waals surface area (Å²) in [7, 11) is 0. The molecular formula is C17H17ClO5. The summed E-state index contributed by atoms with van der Waals surface area (Å²) in [5.74, 6) is 1.20. The highest BCUT2D eigenvalue weighted by Gasteiger charge is 2.24. The molecule has 2 aromatic carbocycles. The van der Waals surface area contributed by atoms with Crippen molar-refractivity contribution in [3.63, 3.8) is 0 Å². The second-order valence-corrected chi connectivity index (χ2v) is 5.26. The standard InChI is InChI=1S/C17H17ClO5/c1-12(22-15-5-3-2-4-6-15)16(23-17(19)20)11-21-14-9-7-13(18)8-10-14/h2-10,12,16H,11H2,1H3,(H,19,20). The third-order valence-electron chi connectivity index (χ3n) is 3.07. The van der Waals surface area contributed by atoms with E-state index in [-0.39, 0.29) is 6.61 Å². The van der Waals surface area contributed by atoms with Crippen LogP contribution in [0.2, 0.25) is 5.02 Å². The number of para-hydroxylation sites is 1. The molecule has 2 aromatic rings. The summed E-state index contributed by atoms with van der Waals surface area (Å²) in [6.45, 7) is 1.76. The maximum Gasteiger partial charge on any atom is 0.506 e. The van der Waals surface area contributed by atoms with Gasteiger partial charge in [-0.3, -0.25) is 0 Å². The van der Waals surface area contributed by atoms with Crippen molar-refractivity contribution >= 4 is 17.8 Å². The molecule has 6 heteroatoms. The van der Waals surface area contributed by atoms with E-state index in [0.29, 0.717) is 16.5 Å². The molecule has 0 aliphatic rings. The topological polar surface area (TPSA) is 65.0 Å². The Morgan fingerprint density at radius 3 is 2.35 bits per heavy atom. The largest absolute Gasteiger partial charge is 0.506 e. The van der Waals surface area contributed by atoms with E-state index >= 15 is 0 Å². The van der Waals surface area contributed by atoms with Crippen LogP contribution in [0.4, 0.5) is 4.79 Å². The first-order chi connectivity index (χ1) is 11.0. The Labute approximate surface area is 139 Å². The average molecular weight is 337 g/mol. The number of ether oxygens (including phenoxy) is 3. The molecule has 0 aliphatic carbocycles. The Balaban J connectivity index is 1.97. The van der Waals surface area contributed by atoms with Crippen LogP contribution in [0.25, 0.3) is 0 Å². The van der Waals surface area contributed by atoms with E-state index in [0.717, 1.165) is 0 Å². The minimum absolute atomic E-state index is 0.0297. The lowest BCUT2D eigenvalue weighted by Gasteiger charge is -2.24. The van der Waals surface area contributed by atoms with Crippen molar-refractivity contribution in [1.29, 1.82) is 0 Å². The molecule has 0 saturated carbocycles. The molecule has 0 amide bonds. The van der Waals surface area contributed by atoms with Gasteiger partial charge in [-0.1, -0.05) is 29.8 Å². The van der Waals surface area contributed by atoms with Crippen LogP contribution in [-0.2, 0) is 4.74 Å². The molecule has 0 heterocycles. The van der Waals surface area contributed by atoms with Crippen molar-refractivity contribution in [2.24, 2.45) is 0 Å². The van der Waals surface area contributed by atoms with Gasteiger partial charge in [-0.15, -0.1) is 0 Å². The lowest BCUT2D eigenvalue weighted by Crippen LogP contribution is -2.38. The molecule has 0 bridgehead atoms. The van der Waals surface area contributed by atoms with Gasteiger partial charge in [-0.05, 0) is 43.3 Å². The van der Waals surface area contributed by atoms with Crippen molar-refractivity contribution in [2.45, 2.75) is 19.1 Å². The zero-order valence-electron chi connectivity index (χ0n) is 12.5. The predicted molar refractivity (Wildman–Crippen MR) is 86.4 cm³/mol. The van der Waals surface area contributed by atoms with Gasteiger partial charge in [0, 0.05) is 5.02 Å². The van der Waals surface area contributed by atoms with E-state index in [4.69, 9.17) is 30.9 Å². The summed E-state index contributed by atoms with van der Waals surface area (Å²) in [6.07, 6.45) is -2.66. The summed E-state index contributed by atoms with van der Waals surface area (Å²) in [6, 6.07) is 15.9. The molecule has 2 atom stereocenters. The molecule has 0 spiro atoms. The van der Waals surface area contributed by atoms with Crippen molar-refractivity contribution in [1.82, 2.24) is 0 Å². The number of halogens is 1. The first-order valence-electron chi connectivity index (χ1n) is 7.04. The van der Waals surface area contributed by atoms with Crippen molar-refractivity contribution in [3.05, 3.63) is 59.6 Å². The second kappa shape index (κ2) is 8.29. The number of carbonyl (C=O) groups is 1. The highest BCUT2D eigenvalue weighted by molar-refractivity contribution is 6.30. The summed E-state index contributed by atoms with van der Waals surface area (Å²) in [5, 5.41) is 9.48. The lowest BCUT2D eigenvalue weighted by atomic mass is 10.2. The van der Waals surface area contributed by atoms with Crippen molar-refractivity contribution < 1.29 is 24.1 Å². The van der Waals surface area contributed by atoms with E-state index in [1.165, 1.54) is 0 Å².